The molecule has 2 N–H and O–H groups in total. The number of nitrogens with one attached hydrogen (secondary N) is 2. The third kappa shape index (κ3) is 3.08. The molecule has 1 heterocycles. The molecule has 5 heteroatoms. The van der Waals surface area contributed by atoms with E-state index < -0.39 is 0 Å². The Balaban J connectivity index is 1.84. The molecule has 3 aromatic rings. The number of carbonyl (C=O) groups is 1. The van der Waals surface area contributed by atoms with Gasteiger partial charge in [0.2, 0.25) is 0 Å². The number of aromatic nitrogens is 2. The largest absolute Gasteiger partial charge is 0.496 e. The average molecular weight is 308 g/mol. The molecule has 2 aromatic carbocycles. The second-order valence-corrected chi connectivity index (χ2v) is 5.27. The number of fused-ring (bicyclic) bond motifs is 1. The number of H-pyrrole nitrogens is 2. The van der Waals surface area contributed by atoms with Crippen LogP contribution in [0.2, 0.25) is 0 Å². The van der Waals surface area contributed by atoms with E-state index in [4.69, 9.17) is 4.74 Å². The number of hydrogen-bond acceptors (Lipinski definition) is 3. The van der Waals surface area contributed by atoms with Gasteiger partial charge in [-0.1, -0.05) is 12.1 Å². The zero-order valence-corrected chi connectivity index (χ0v) is 12.8. The van der Waals surface area contributed by atoms with Crippen molar-refractivity contribution in [3.63, 3.8) is 0 Å². The number of ether oxygens (including phenoxy) is 1. The Labute approximate surface area is 132 Å². The van der Waals surface area contributed by atoms with Crippen molar-refractivity contribution in [1.82, 2.24) is 9.97 Å². The maximum absolute atomic E-state index is 12.3. The summed E-state index contributed by atoms with van der Waals surface area (Å²) < 4.78 is 5.21. The number of aromatic amines is 2. The molecule has 0 unspecified atom stereocenters. The standard InChI is InChI=1S/C18H16N2O3/c1-11-9-12(4-8-17(11)23-2)3-7-16(21)13-5-6-14-15(10-13)20-18(22)19-14/h3-10H,1-2H3,(H2,19,20,22)/b7-3+. The predicted octanol–water partition coefficient (Wildman–Crippen LogP) is 3.07. The lowest BCUT2D eigenvalue weighted by atomic mass is 10.1. The number of hydrogen-bond donors (Lipinski definition) is 2. The second kappa shape index (κ2) is 5.96. The highest BCUT2D eigenvalue weighted by Crippen LogP contribution is 2.19. The summed E-state index contributed by atoms with van der Waals surface area (Å²) in [4.78, 5) is 28.8. The van der Waals surface area contributed by atoms with E-state index in [1.807, 2.05) is 25.1 Å². The van der Waals surface area contributed by atoms with Crippen LogP contribution in [0.4, 0.5) is 0 Å². The van der Waals surface area contributed by atoms with E-state index in [0.29, 0.717) is 16.6 Å². The fraction of sp³-hybridized carbons (Fsp3) is 0.111. The second-order valence-electron chi connectivity index (χ2n) is 5.27. The van der Waals surface area contributed by atoms with Crippen LogP contribution in [-0.2, 0) is 0 Å². The first kappa shape index (κ1) is 14.8. The van der Waals surface area contributed by atoms with E-state index in [1.165, 1.54) is 6.08 Å². The summed E-state index contributed by atoms with van der Waals surface area (Å²) in [7, 11) is 1.63. The van der Waals surface area contributed by atoms with Gasteiger partial charge in [-0.05, 0) is 54.5 Å². The SMILES string of the molecule is COc1ccc(/C=C/C(=O)c2ccc3[nH]c(=O)[nH]c3c2)cc1C. The highest BCUT2D eigenvalue weighted by atomic mass is 16.5. The molecule has 0 atom stereocenters. The summed E-state index contributed by atoms with van der Waals surface area (Å²) >= 11 is 0. The van der Waals surface area contributed by atoms with Gasteiger partial charge in [0.15, 0.2) is 5.78 Å². The third-order valence-electron chi connectivity index (χ3n) is 3.65. The molecule has 0 saturated carbocycles. The van der Waals surface area contributed by atoms with Crippen molar-refractivity contribution in [2.75, 3.05) is 7.11 Å². The molecule has 3 rings (SSSR count). The minimum atomic E-state index is -0.283. The monoisotopic (exact) mass is 308 g/mol. The quantitative estimate of drug-likeness (QED) is 0.574. The van der Waals surface area contributed by atoms with Crippen LogP contribution in [0.5, 0.6) is 5.75 Å². The molecule has 0 aliphatic carbocycles. The van der Waals surface area contributed by atoms with Crippen LogP contribution in [0.15, 0.2) is 47.3 Å². The Morgan fingerprint density at radius 2 is 1.87 bits per heavy atom. The number of methoxy groups -OCH3 is 1. The zero-order valence-electron chi connectivity index (χ0n) is 12.8. The number of benzene rings is 2. The van der Waals surface area contributed by atoms with Crippen molar-refractivity contribution in [1.29, 1.82) is 0 Å². The van der Waals surface area contributed by atoms with E-state index in [-0.39, 0.29) is 11.5 Å². The minimum Gasteiger partial charge on any atom is -0.496 e. The van der Waals surface area contributed by atoms with Gasteiger partial charge in [0, 0.05) is 5.56 Å². The highest BCUT2D eigenvalue weighted by molar-refractivity contribution is 6.08. The van der Waals surface area contributed by atoms with Crippen LogP contribution in [0, 0.1) is 6.92 Å². The Morgan fingerprint density at radius 1 is 1.09 bits per heavy atom. The summed E-state index contributed by atoms with van der Waals surface area (Å²) in [5, 5.41) is 0. The Hall–Kier alpha value is -3.08. The Morgan fingerprint density at radius 3 is 2.61 bits per heavy atom. The summed E-state index contributed by atoms with van der Waals surface area (Å²) in [6, 6.07) is 10.8. The Kier molecular flexibility index (Phi) is 3.85. The first-order valence-corrected chi connectivity index (χ1v) is 7.16. The fourth-order valence-electron chi connectivity index (χ4n) is 2.46. The molecular weight excluding hydrogens is 292 g/mol. The van der Waals surface area contributed by atoms with Crippen LogP contribution in [0.25, 0.3) is 17.1 Å². The molecule has 0 amide bonds. The lowest BCUT2D eigenvalue weighted by molar-refractivity contribution is 0.104. The van der Waals surface area contributed by atoms with Crippen molar-refractivity contribution >= 4 is 22.9 Å². The maximum Gasteiger partial charge on any atom is 0.323 e. The van der Waals surface area contributed by atoms with Gasteiger partial charge in [-0.15, -0.1) is 0 Å². The zero-order chi connectivity index (χ0) is 16.4. The van der Waals surface area contributed by atoms with Crippen LogP contribution in [0.1, 0.15) is 21.5 Å². The van der Waals surface area contributed by atoms with Crippen molar-refractivity contribution in [2.24, 2.45) is 0 Å². The van der Waals surface area contributed by atoms with Crippen molar-refractivity contribution in [3.8, 4) is 5.75 Å². The van der Waals surface area contributed by atoms with Crippen LogP contribution in [0.3, 0.4) is 0 Å². The Bertz CT molecular complexity index is 964. The van der Waals surface area contributed by atoms with Crippen LogP contribution < -0.4 is 10.4 Å². The predicted molar refractivity (Wildman–Crippen MR) is 90.0 cm³/mol. The smallest absolute Gasteiger partial charge is 0.323 e. The van der Waals surface area contributed by atoms with Gasteiger partial charge in [0.1, 0.15) is 5.75 Å². The number of ketones is 1. The molecule has 0 aliphatic rings. The number of allylic oxidation sites excluding steroid dienone is 1. The molecule has 0 spiro atoms. The molecule has 0 aliphatic heterocycles. The van der Waals surface area contributed by atoms with E-state index in [0.717, 1.165) is 16.9 Å². The van der Waals surface area contributed by atoms with Gasteiger partial charge in [-0.25, -0.2) is 4.79 Å². The summed E-state index contributed by atoms with van der Waals surface area (Å²) in [5.74, 6) is 0.692. The van der Waals surface area contributed by atoms with Gasteiger partial charge in [-0.2, -0.15) is 0 Å². The first-order valence-electron chi connectivity index (χ1n) is 7.16. The molecule has 0 bridgehead atoms. The maximum atomic E-state index is 12.3. The highest BCUT2D eigenvalue weighted by Gasteiger charge is 2.05. The number of carbonyl (C=O) groups excluding carboxylic acids is 1. The van der Waals surface area contributed by atoms with Gasteiger partial charge >= 0.3 is 5.69 Å². The van der Waals surface area contributed by atoms with Gasteiger partial charge < -0.3 is 14.7 Å². The first-order chi connectivity index (χ1) is 11.1. The van der Waals surface area contributed by atoms with E-state index in [2.05, 4.69) is 9.97 Å². The molecule has 0 fully saturated rings. The normalized spacial score (nSPS) is 11.2. The third-order valence-corrected chi connectivity index (χ3v) is 3.65. The van der Waals surface area contributed by atoms with E-state index >= 15 is 0 Å². The number of rotatable bonds is 4. The number of aryl methyl sites for hydroxylation is 1. The molecule has 23 heavy (non-hydrogen) atoms. The molecule has 116 valence electrons. The van der Waals surface area contributed by atoms with Crippen molar-refractivity contribution < 1.29 is 9.53 Å². The number of imidazole rings is 1. The molecule has 0 saturated heterocycles. The summed E-state index contributed by atoms with van der Waals surface area (Å²) in [5.41, 5.74) is 3.47. The average Bonchev–Trinajstić information content (AvgIpc) is 2.91. The van der Waals surface area contributed by atoms with Crippen LogP contribution in [-0.4, -0.2) is 22.9 Å². The molecule has 5 nitrogen and oxygen atoms in total. The lowest BCUT2D eigenvalue weighted by Crippen LogP contribution is -1.99. The topological polar surface area (TPSA) is 75.0 Å². The van der Waals surface area contributed by atoms with E-state index in [9.17, 15) is 9.59 Å². The summed E-state index contributed by atoms with van der Waals surface area (Å²) in [6.45, 7) is 1.95. The van der Waals surface area contributed by atoms with Gasteiger partial charge in [0.25, 0.3) is 0 Å². The lowest BCUT2D eigenvalue weighted by Gasteiger charge is -2.04. The fourth-order valence-corrected chi connectivity index (χ4v) is 2.46. The molecular formula is C18H16N2O3. The van der Waals surface area contributed by atoms with Crippen molar-refractivity contribution in [2.45, 2.75) is 6.92 Å². The van der Waals surface area contributed by atoms with E-state index in [1.54, 1.807) is 31.4 Å². The minimum absolute atomic E-state index is 0.123. The van der Waals surface area contributed by atoms with Crippen LogP contribution >= 0.6 is 0 Å². The molecule has 1 aromatic heterocycles. The van der Waals surface area contributed by atoms with Crippen molar-refractivity contribution in [3.05, 3.63) is 69.6 Å². The van der Waals surface area contributed by atoms with Gasteiger partial charge in [-0.3, -0.25) is 4.79 Å². The van der Waals surface area contributed by atoms with Gasteiger partial charge in [0.05, 0.1) is 18.1 Å². The molecule has 0 radical (unpaired) electrons. The summed E-state index contributed by atoms with van der Waals surface area (Å²) in [6.07, 6.45) is 3.28.